The van der Waals surface area contributed by atoms with E-state index in [1.165, 1.54) is 0 Å². The number of aromatic amines is 2. The summed E-state index contributed by atoms with van der Waals surface area (Å²) in [4.78, 5) is 0. The average molecular weight is 693 g/mol. The van der Waals surface area contributed by atoms with Gasteiger partial charge in [-0.15, -0.1) is 0 Å². The molecule has 0 saturated carbocycles. The maximum absolute atomic E-state index is 17.4. The van der Waals surface area contributed by atoms with Crippen LogP contribution in [0.3, 0.4) is 0 Å². The summed E-state index contributed by atoms with van der Waals surface area (Å²) in [5.74, 6) is 0.434. The Labute approximate surface area is 262 Å². The fourth-order valence-corrected chi connectivity index (χ4v) is 18.8. The Kier molecular flexibility index (Phi) is 9.41. The summed E-state index contributed by atoms with van der Waals surface area (Å²) in [6.07, 6.45) is 0. The van der Waals surface area contributed by atoms with Crippen molar-refractivity contribution in [2.45, 2.75) is 0 Å². The van der Waals surface area contributed by atoms with Gasteiger partial charge in [0.15, 0.2) is 0 Å². The van der Waals surface area contributed by atoms with Crippen molar-refractivity contribution >= 4 is 45.0 Å². The molecule has 0 amide bonds. The van der Waals surface area contributed by atoms with Crippen molar-refractivity contribution in [2.75, 3.05) is 84.6 Å². The quantitative estimate of drug-likeness (QED) is 0.179. The van der Waals surface area contributed by atoms with Crippen LogP contribution in [-0.4, -0.2) is 143 Å². The second-order valence-corrected chi connectivity index (χ2v) is 22.1. The number of fused-ring (bicyclic) bond motifs is 2. The van der Waals surface area contributed by atoms with Crippen LogP contribution < -0.4 is 9.05 Å². The minimum atomic E-state index is -5.73. The van der Waals surface area contributed by atoms with Crippen LogP contribution in [0.5, 0.6) is 11.5 Å². The van der Waals surface area contributed by atoms with Crippen LogP contribution in [0.25, 0.3) is 22.1 Å². The van der Waals surface area contributed by atoms with Gasteiger partial charge in [0.05, 0.1) is 0 Å². The molecule has 4 aromatic rings. The van der Waals surface area contributed by atoms with E-state index >= 15 is 4.20 Å². The topological polar surface area (TPSA) is 157 Å². The molecular formula is C24H44FN12O5P3. The molecule has 2 aromatic carbocycles. The third-order valence-corrected chi connectivity index (χ3v) is 20.8. The van der Waals surface area contributed by atoms with Gasteiger partial charge in [0, 0.05) is 0 Å². The number of halogens is 1. The van der Waals surface area contributed by atoms with Gasteiger partial charge in [-0.25, -0.2) is 0 Å². The van der Waals surface area contributed by atoms with Crippen molar-refractivity contribution in [3.05, 3.63) is 36.4 Å². The van der Waals surface area contributed by atoms with Crippen LogP contribution in [0, 0.1) is 0 Å². The molecule has 0 bridgehead atoms. The molecule has 0 aliphatic rings. The molecule has 0 radical (unpaired) electrons. The molecule has 45 heavy (non-hydrogen) atoms. The van der Waals surface area contributed by atoms with Crippen LogP contribution in [0.1, 0.15) is 0 Å². The second kappa shape index (κ2) is 12.0. The molecule has 2 N–H and O–H groups in total. The molecule has 0 saturated heterocycles. The van der Waals surface area contributed by atoms with E-state index < -0.39 is 22.9 Å². The molecule has 0 fully saturated rings. The first-order chi connectivity index (χ1) is 20.9. The van der Waals surface area contributed by atoms with E-state index in [2.05, 4.69) is 30.8 Å². The summed E-state index contributed by atoms with van der Waals surface area (Å²) >= 11 is 0. The SMILES string of the molecule is CN(C)P(Oc1cccc2n[nH]nc12)(OP(=O)(F)OP(Oc1cccc2n[nH]nc12)(N(C)C)(N(C)C)N(C)C)(N(C)C)N(C)C. The van der Waals surface area contributed by atoms with Crippen molar-refractivity contribution in [1.82, 2.24) is 58.8 Å². The molecule has 0 aliphatic carbocycles. The first-order valence-corrected chi connectivity index (χ1v) is 19.0. The fraction of sp³-hybridized carbons (Fsp3) is 0.500. The van der Waals surface area contributed by atoms with Crippen LogP contribution in [0.4, 0.5) is 4.20 Å². The normalized spacial score (nSPS) is 16.5. The van der Waals surface area contributed by atoms with E-state index in [4.69, 9.17) is 17.7 Å². The number of rotatable bonds is 14. The Bertz CT molecular complexity index is 1550. The molecule has 0 aliphatic heterocycles. The van der Waals surface area contributed by atoms with Crippen molar-refractivity contribution in [3.8, 4) is 11.5 Å². The Morgan fingerprint density at radius 1 is 0.578 bits per heavy atom. The van der Waals surface area contributed by atoms with Gasteiger partial charge in [-0.1, -0.05) is 0 Å². The Hall–Kier alpha value is -2.46. The zero-order valence-corrected chi connectivity index (χ0v) is 30.4. The van der Waals surface area contributed by atoms with Gasteiger partial charge in [-0.3, -0.25) is 0 Å². The number of hydrogen-bond acceptors (Lipinski definition) is 15. The number of para-hydroxylation sites is 2. The van der Waals surface area contributed by atoms with Gasteiger partial charge in [-0.2, -0.15) is 0 Å². The molecule has 17 nitrogen and oxygen atoms in total. The Morgan fingerprint density at radius 2 is 0.889 bits per heavy atom. The Morgan fingerprint density at radius 3 is 1.18 bits per heavy atom. The van der Waals surface area contributed by atoms with Gasteiger partial charge in [0.2, 0.25) is 0 Å². The molecule has 2 aromatic heterocycles. The van der Waals surface area contributed by atoms with Gasteiger partial charge in [0.25, 0.3) is 0 Å². The molecule has 0 atom stereocenters. The van der Waals surface area contributed by atoms with E-state index in [9.17, 15) is 4.57 Å². The van der Waals surface area contributed by atoms with E-state index in [0.717, 1.165) is 0 Å². The summed E-state index contributed by atoms with van der Waals surface area (Å²) in [7, 11) is 4.23. The van der Waals surface area contributed by atoms with E-state index in [-0.39, 0.29) is 11.5 Å². The van der Waals surface area contributed by atoms with Crippen molar-refractivity contribution in [2.24, 2.45) is 0 Å². The van der Waals surface area contributed by atoms with Crippen molar-refractivity contribution in [1.29, 1.82) is 0 Å². The number of benzene rings is 2. The first-order valence-electron chi connectivity index (χ1n) is 13.7. The summed E-state index contributed by atoms with van der Waals surface area (Å²) < 4.78 is 67.6. The van der Waals surface area contributed by atoms with Crippen LogP contribution >= 0.6 is 22.9 Å². The van der Waals surface area contributed by atoms with Gasteiger partial charge < -0.3 is 0 Å². The third-order valence-electron chi connectivity index (χ3n) is 7.72. The average Bonchev–Trinajstić information content (AvgIpc) is 3.62. The second-order valence-electron chi connectivity index (χ2n) is 11.4. The van der Waals surface area contributed by atoms with Crippen LogP contribution in [0.2, 0.25) is 0 Å². The van der Waals surface area contributed by atoms with Gasteiger partial charge in [0.1, 0.15) is 0 Å². The Balaban J connectivity index is 1.96. The molecule has 0 unspecified atom stereocenters. The number of nitrogens with one attached hydrogen (secondary N) is 2. The predicted octanol–water partition coefficient (Wildman–Crippen LogP) is 4.42. The molecule has 0 spiro atoms. The summed E-state index contributed by atoms with van der Waals surface area (Å²) in [5, 5.41) is 21.9. The molecule has 21 heteroatoms. The molecule has 4 rings (SSSR count). The number of hydrogen-bond donors (Lipinski definition) is 2. The van der Waals surface area contributed by atoms with Gasteiger partial charge >= 0.3 is 263 Å². The van der Waals surface area contributed by atoms with Crippen molar-refractivity contribution < 1.29 is 26.4 Å². The summed E-state index contributed by atoms with van der Waals surface area (Å²) in [6.45, 7) is 0. The standard InChI is InChI=1S/C24H44FN12O5P3/c1-32(2)44(33(3)4,34(5)6,39-21-17-13-15-19-23(21)28-30-26-19)41-43(25,38)42-45(35(7)8,36(9)10,37(11)12)40-22-18-14-16-20-24(22)29-31-27-20/h13-18H,1-12H3,(H,26,28,30)(H,27,29,31). The number of H-pyrrole nitrogens is 2. The van der Waals surface area contributed by atoms with E-state index in [1.807, 2.05) is 0 Å². The summed E-state index contributed by atoms with van der Waals surface area (Å²) in [6, 6.07) is 10.2. The number of nitrogens with zero attached hydrogens (tertiary/aromatic N) is 10. The number of aromatic nitrogens is 6. The molecule has 2 heterocycles. The van der Waals surface area contributed by atoms with Crippen LogP contribution in [0.15, 0.2) is 36.4 Å². The molecule has 252 valence electrons. The first kappa shape index (κ1) is 35.4. The van der Waals surface area contributed by atoms with Gasteiger partial charge in [-0.05, 0) is 0 Å². The summed E-state index contributed by atoms with van der Waals surface area (Å²) in [5.41, 5.74) is 1.75. The maximum atomic E-state index is 17.4. The van der Waals surface area contributed by atoms with Crippen LogP contribution in [-0.2, 0) is 13.2 Å². The fourth-order valence-electron chi connectivity index (χ4n) is 5.64. The zero-order valence-electron chi connectivity index (χ0n) is 27.7. The third kappa shape index (κ3) is 5.22. The predicted molar refractivity (Wildman–Crippen MR) is 176 cm³/mol. The monoisotopic (exact) mass is 692 g/mol. The van der Waals surface area contributed by atoms with Crippen molar-refractivity contribution in [3.63, 3.8) is 0 Å². The van der Waals surface area contributed by atoms with E-state index in [0.29, 0.717) is 22.1 Å². The minimum absolute atomic E-state index is 0.217. The zero-order chi connectivity index (χ0) is 33.6. The molecular weight excluding hydrogens is 648 g/mol. The van der Waals surface area contributed by atoms with E-state index in [1.54, 1.807) is 149 Å².